The molecule has 3 rings (SSSR count). The van der Waals surface area contributed by atoms with Gasteiger partial charge in [-0.15, -0.1) is 22.9 Å². The molecule has 0 bridgehead atoms. The highest BCUT2D eigenvalue weighted by atomic mass is 35.5. The van der Waals surface area contributed by atoms with Crippen molar-refractivity contribution in [2.24, 2.45) is 0 Å². The highest BCUT2D eigenvalue weighted by molar-refractivity contribution is 7.10. The van der Waals surface area contributed by atoms with Crippen LogP contribution in [0.3, 0.4) is 0 Å². The van der Waals surface area contributed by atoms with Crippen molar-refractivity contribution >= 4 is 33.7 Å². The zero-order valence-electron chi connectivity index (χ0n) is 9.84. The molecule has 2 heteroatoms. The molecule has 1 atom stereocenters. The van der Waals surface area contributed by atoms with Crippen molar-refractivity contribution in [1.29, 1.82) is 0 Å². The summed E-state index contributed by atoms with van der Waals surface area (Å²) in [6.07, 6.45) is 0.878. The smallest absolute Gasteiger partial charge is 0.0719 e. The third-order valence-corrected chi connectivity index (χ3v) is 4.64. The van der Waals surface area contributed by atoms with Gasteiger partial charge in [0.05, 0.1) is 5.38 Å². The molecule has 0 radical (unpaired) electrons. The minimum absolute atomic E-state index is 0.0656. The minimum Gasteiger partial charge on any atom is -0.147 e. The summed E-state index contributed by atoms with van der Waals surface area (Å²) in [5.41, 5.74) is 1.32. The standard InChI is InChI=1S/C16H13ClS/c17-15(16-9-4-10-18-16)11-13-7-3-6-12-5-1-2-8-14(12)13/h1-10,15H,11H2. The van der Waals surface area contributed by atoms with Gasteiger partial charge >= 0.3 is 0 Å². The van der Waals surface area contributed by atoms with E-state index in [0.29, 0.717) is 0 Å². The Morgan fingerprint density at radius 3 is 2.61 bits per heavy atom. The monoisotopic (exact) mass is 272 g/mol. The summed E-state index contributed by atoms with van der Waals surface area (Å²) in [7, 11) is 0. The average molecular weight is 273 g/mol. The largest absolute Gasteiger partial charge is 0.147 e. The minimum atomic E-state index is 0.0656. The van der Waals surface area contributed by atoms with Gasteiger partial charge in [0, 0.05) is 4.88 Å². The van der Waals surface area contributed by atoms with E-state index in [-0.39, 0.29) is 5.38 Å². The number of thiophene rings is 1. The fourth-order valence-electron chi connectivity index (χ4n) is 2.23. The summed E-state index contributed by atoms with van der Waals surface area (Å²) in [6.45, 7) is 0. The fraction of sp³-hybridized carbons (Fsp3) is 0.125. The molecule has 0 saturated heterocycles. The van der Waals surface area contributed by atoms with E-state index in [0.717, 1.165) is 6.42 Å². The van der Waals surface area contributed by atoms with E-state index >= 15 is 0 Å². The maximum absolute atomic E-state index is 6.49. The van der Waals surface area contributed by atoms with Crippen LogP contribution < -0.4 is 0 Å². The zero-order valence-corrected chi connectivity index (χ0v) is 11.4. The van der Waals surface area contributed by atoms with Crippen molar-refractivity contribution in [1.82, 2.24) is 0 Å². The molecule has 2 aromatic carbocycles. The van der Waals surface area contributed by atoms with Crippen LogP contribution in [0, 0.1) is 0 Å². The number of hydrogen-bond donors (Lipinski definition) is 0. The topological polar surface area (TPSA) is 0 Å². The van der Waals surface area contributed by atoms with Crippen molar-refractivity contribution < 1.29 is 0 Å². The molecule has 90 valence electrons. The van der Waals surface area contributed by atoms with Crippen molar-refractivity contribution in [2.45, 2.75) is 11.8 Å². The second-order valence-electron chi connectivity index (χ2n) is 4.33. The third kappa shape index (κ3) is 2.29. The van der Waals surface area contributed by atoms with E-state index < -0.39 is 0 Å². The molecule has 0 fully saturated rings. The third-order valence-electron chi connectivity index (χ3n) is 3.13. The SMILES string of the molecule is ClC(Cc1cccc2ccccc12)c1cccs1. The van der Waals surface area contributed by atoms with Crippen LogP contribution in [0.15, 0.2) is 60.0 Å². The molecule has 0 N–H and O–H groups in total. The van der Waals surface area contributed by atoms with Gasteiger partial charge in [-0.05, 0) is 34.2 Å². The second kappa shape index (κ2) is 5.13. The lowest BCUT2D eigenvalue weighted by atomic mass is 10.0. The number of rotatable bonds is 3. The van der Waals surface area contributed by atoms with Gasteiger partial charge in [-0.2, -0.15) is 0 Å². The molecule has 0 aliphatic rings. The summed E-state index contributed by atoms with van der Waals surface area (Å²) in [6, 6.07) is 19.1. The number of hydrogen-bond acceptors (Lipinski definition) is 1. The van der Waals surface area contributed by atoms with E-state index in [9.17, 15) is 0 Å². The Morgan fingerprint density at radius 1 is 0.944 bits per heavy atom. The Hall–Kier alpha value is -1.31. The maximum atomic E-state index is 6.49. The number of fused-ring (bicyclic) bond motifs is 1. The molecule has 0 aliphatic heterocycles. The van der Waals surface area contributed by atoms with Crippen LogP contribution in [-0.2, 0) is 6.42 Å². The van der Waals surface area contributed by atoms with Crippen LogP contribution in [-0.4, -0.2) is 0 Å². The van der Waals surface area contributed by atoms with Crippen LogP contribution in [0.4, 0.5) is 0 Å². The lowest BCUT2D eigenvalue weighted by Gasteiger charge is -2.10. The van der Waals surface area contributed by atoms with Crippen LogP contribution in [0.1, 0.15) is 15.8 Å². The number of halogens is 1. The van der Waals surface area contributed by atoms with Gasteiger partial charge in [0.25, 0.3) is 0 Å². The van der Waals surface area contributed by atoms with Gasteiger partial charge < -0.3 is 0 Å². The molecule has 0 nitrogen and oxygen atoms in total. The first-order valence-electron chi connectivity index (χ1n) is 5.99. The molecule has 18 heavy (non-hydrogen) atoms. The zero-order chi connectivity index (χ0) is 12.4. The molecule has 0 saturated carbocycles. The molecular weight excluding hydrogens is 260 g/mol. The van der Waals surface area contributed by atoms with Gasteiger partial charge in [0.2, 0.25) is 0 Å². The molecule has 0 aliphatic carbocycles. The first kappa shape index (κ1) is 11.8. The van der Waals surface area contributed by atoms with E-state index in [2.05, 4.69) is 60.0 Å². The summed E-state index contributed by atoms with van der Waals surface area (Å²) < 4.78 is 0. The Balaban J connectivity index is 1.95. The Bertz CT molecular complexity index is 638. The fourth-order valence-corrected chi connectivity index (χ4v) is 3.33. The van der Waals surface area contributed by atoms with Crippen molar-refractivity contribution in [2.75, 3.05) is 0 Å². The van der Waals surface area contributed by atoms with E-state index in [1.54, 1.807) is 11.3 Å². The highest BCUT2D eigenvalue weighted by Gasteiger charge is 2.11. The highest BCUT2D eigenvalue weighted by Crippen LogP contribution is 2.31. The molecule has 3 aromatic rings. The Morgan fingerprint density at radius 2 is 1.78 bits per heavy atom. The van der Waals surface area contributed by atoms with Gasteiger partial charge in [-0.1, -0.05) is 48.5 Å². The molecule has 1 heterocycles. The average Bonchev–Trinajstić information content (AvgIpc) is 2.93. The van der Waals surface area contributed by atoms with Crippen LogP contribution in [0.5, 0.6) is 0 Å². The van der Waals surface area contributed by atoms with Gasteiger partial charge in [-0.25, -0.2) is 0 Å². The van der Waals surface area contributed by atoms with Crippen LogP contribution in [0.2, 0.25) is 0 Å². The molecular formula is C16H13ClS. The van der Waals surface area contributed by atoms with E-state index in [4.69, 9.17) is 11.6 Å². The molecule has 1 unspecified atom stereocenters. The summed E-state index contributed by atoms with van der Waals surface area (Å²) >= 11 is 8.22. The first-order chi connectivity index (χ1) is 8.84. The number of alkyl halides is 1. The van der Waals surface area contributed by atoms with E-state index in [1.807, 2.05) is 0 Å². The van der Waals surface area contributed by atoms with Crippen molar-refractivity contribution in [3.05, 3.63) is 70.4 Å². The first-order valence-corrected chi connectivity index (χ1v) is 7.30. The molecule has 0 amide bonds. The van der Waals surface area contributed by atoms with Crippen molar-refractivity contribution in [3.8, 4) is 0 Å². The molecule has 1 aromatic heterocycles. The normalized spacial score (nSPS) is 12.7. The lowest BCUT2D eigenvalue weighted by molar-refractivity contribution is 0.948. The van der Waals surface area contributed by atoms with E-state index in [1.165, 1.54) is 21.2 Å². The summed E-state index contributed by atoms with van der Waals surface area (Å²) in [5.74, 6) is 0. The van der Waals surface area contributed by atoms with Crippen molar-refractivity contribution in [3.63, 3.8) is 0 Å². The van der Waals surface area contributed by atoms with Gasteiger partial charge in [0.15, 0.2) is 0 Å². The number of benzene rings is 2. The van der Waals surface area contributed by atoms with Crippen LogP contribution >= 0.6 is 22.9 Å². The van der Waals surface area contributed by atoms with Gasteiger partial charge in [0.1, 0.15) is 0 Å². The summed E-state index contributed by atoms with van der Waals surface area (Å²) in [4.78, 5) is 1.24. The Labute approximate surface area is 116 Å². The maximum Gasteiger partial charge on any atom is 0.0719 e. The van der Waals surface area contributed by atoms with Gasteiger partial charge in [-0.3, -0.25) is 0 Å². The Kier molecular flexibility index (Phi) is 3.35. The quantitative estimate of drug-likeness (QED) is 0.558. The molecule has 0 spiro atoms. The van der Waals surface area contributed by atoms with Crippen LogP contribution in [0.25, 0.3) is 10.8 Å². The predicted octanol–water partition coefficient (Wildman–Crippen LogP) is 5.42. The lowest BCUT2D eigenvalue weighted by Crippen LogP contribution is -1.94. The summed E-state index contributed by atoms with van der Waals surface area (Å²) in [5, 5.41) is 4.73. The second-order valence-corrected chi connectivity index (χ2v) is 5.83. The predicted molar refractivity (Wildman–Crippen MR) is 80.6 cm³/mol.